The van der Waals surface area contributed by atoms with Crippen molar-refractivity contribution < 1.29 is 14.7 Å². The Hall–Kier alpha value is -1.90. The number of benzene rings is 1. The standard InChI is InChI=1S/C14H14O3/c15-13(7-8-14(16)17)12-6-5-10-3-1-2-4-11(10)9-12/h5-9H,1-4H2,(H,16,17)/b8-7+. The van der Waals surface area contributed by atoms with Crippen molar-refractivity contribution in [1.82, 2.24) is 0 Å². The minimum absolute atomic E-state index is 0.249. The smallest absolute Gasteiger partial charge is 0.328 e. The van der Waals surface area contributed by atoms with Crippen molar-refractivity contribution in [3.8, 4) is 0 Å². The van der Waals surface area contributed by atoms with Gasteiger partial charge in [0.15, 0.2) is 5.78 Å². The zero-order valence-corrected chi connectivity index (χ0v) is 9.48. The largest absolute Gasteiger partial charge is 0.478 e. The number of carboxylic acid groups (broad SMARTS) is 1. The predicted octanol–water partition coefficient (Wildman–Crippen LogP) is 2.39. The highest BCUT2D eigenvalue weighted by Gasteiger charge is 2.11. The molecular weight excluding hydrogens is 216 g/mol. The molecular formula is C14H14O3. The highest BCUT2D eigenvalue weighted by molar-refractivity contribution is 6.06. The van der Waals surface area contributed by atoms with Crippen LogP contribution in [0.25, 0.3) is 0 Å². The normalized spacial score (nSPS) is 14.6. The van der Waals surface area contributed by atoms with E-state index in [1.54, 1.807) is 6.07 Å². The SMILES string of the molecule is O=C(O)/C=C/C(=O)c1ccc2c(c1)CCCC2. The Kier molecular flexibility index (Phi) is 3.38. The zero-order chi connectivity index (χ0) is 12.3. The summed E-state index contributed by atoms with van der Waals surface area (Å²) in [6.07, 6.45) is 6.44. The lowest BCUT2D eigenvalue weighted by atomic mass is 9.90. The summed E-state index contributed by atoms with van der Waals surface area (Å²) in [7, 11) is 0. The number of hydrogen-bond acceptors (Lipinski definition) is 2. The number of aryl methyl sites for hydroxylation is 2. The molecule has 17 heavy (non-hydrogen) atoms. The maximum atomic E-state index is 11.7. The van der Waals surface area contributed by atoms with Crippen LogP contribution in [0.2, 0.25) is 0 Å². The van der Waals surface area contributed by atoms with Crippen LogP contribution in [0.4, 0.5) is 0 Å². The number of carbonyl (C=O) groups is 2. The van der Waals surface area contributed by atoms with Gasteiger partial charge in [0.25, 0.3) is 0 Å². The van der Waals surface area contributed by atoms with Crippen LogP contribution in [0.15, 0.2) is 30.4 Å². The molecule has 0 saturated carbocycles. The summed E-state index contributed by atoms with van der Waals surface area (Å²) in [5.41, 5.74) is 3.11. The third-order valence-corrected chi connectivity index (χ3v) is 3.01. The van der Waals surface area contributed by atoms with Gasteiger partial charge in [-0.1, -0.05) is 12.1 Å². The van der Waals surface area contributed by atoms with Gasteiger partial charge < -0.3 is 5.11 Å². The summed E-state index contributed by atoms with van der Waals surface area (Å²) in [5.74, 6) is -1.35. The second kappa shape index (κ2) is 4.95. The molecule has 1 N–H and O–H groups in total. The first-order chi connectivity index (χ1) is 8.16. The van der Waals surface area contributed by atoms with E-state index in [0.29, 0.717) is 5.56 Å². The lowest BCUT2D eigenvalue weighted by molar-refractivity contribution is -0.131. The molecule has 1 aromatic rings. The summed E-state index contributed by atoms with van der Waals surface area (Å²) in [5, 5.41) is 8.46. The molecule has 0 spiro atoms. The molecule has 0 bridgehead atoms. The minimum atomic E-state index is -1.10. The fourth-order valence-corrected chi connectivity index (χ4v) is 2.13. The van der Waals surface area contributed by atoms with Gasteiger partial charge in [-0.3, -0.25) is 4.79 Å². The van der Waals surface area contributed by atoms with Crippen molar-refractivity contribution in [2.24, 2.45) is 0 Å². The number of carboxylic acids is 1. The monoisotopic (exact) mass is 230 g/mol. The van der Waals surface area contributed by atoms with Crippen LogP contribution in [0.5, 0.6) is 0 Å². The van der Waals surface area contributed by atoms with Crippen LogP contribution in [0.1, 0.15) is 34.3 Å². The average Bonchev–Trinajstić information content (AvgIpc) is 2.35. The van der Waals surface area contributed by atoms with Crippen molar-refractivity contribution in [2.45, 2.75) is 25.7 Å². The Balaban J connectivity index is 2.22. The third kappa shape index (κ3) is 2.81. The van der Waals surface area contributed by atoms with E-state index in [1.807, 2.05) is 12.1 Å². The van der Waals surface area contributed by atoms with Crippen LogP contribution in [0.3, 0.4) is 0 Å². The van der Waals surface area contributed by atoms with Crippen molar-refractivity contribution in [1.29, 1.82) is 0 Å². The number of carbonyl (C=O) groups excluding carboxylic acids is 1. The van der Waals surface area contributed by atoms with E-state index in [4.69, 9.17) is 5.11 Å². The second-order valence-electron chi connectivity index (χ2n) is 4.23. The van der Waals surface area contributed by atoms with Crippen molar-refractivity contribution >= 4 is 11.8 Å². The number of aliphatic carboxylic acids is 1. The van der Waals surface area contributed by atoms with E-state index in [2.05, 4.69) is 0 Å². The van der Waals surface area contributed by atoms with Crippen LogP contribution >= 0.6 is 0 Å². The third-order valence-electron chi connectivity index (χ3n) is 3.01. The molecule has 1 aliphatic rings. The number of rotatable bonds is 3. The quantitative estimate of drug-likeness (QED) is 0.640. The lowest BCUT2D eigenvalue weighted by Crippen LogP contribution is -2.05. The fraction of sp³-hybridized carbons (Fsp3) is 0.286. The van der Waals surface area contributed by atoms with Gasteiger partial charge in [-0.05, 0) is 49.0 Å². The summed E-state index contributed by atoms with van der Waals surface area (Å²) >= 11 is 0. The Morgan fingerprint density at radius 3 is 2.47 bits per heavy atom. The van der Waals surface area contributed by atoms with Crippen LogP contribution < -0.4 is 0 Å². The van der Waals surface area contributed by atoms with Crippen LogP contribution in [-0.4, -0.2) is 16.9 Å². The first-order valence-electron chi connectivity index (χ1n) is 5.74. The molecule has 0 amide bonds. The number of allylic oxidation sites excluding steroid dienone is 1. The zero-order valence-electron chi connectivity index (χ0n) is 9.48. The van der Waals surface area contributed by atoms with E-state index in [-0.39, 0.29) is 5.78 Å². The molecule has 0 heterocycles. The molecule has 0 aromatic heterocycles. The van der Waals surface area contributed by atoms with Crippen molar-refractivity contribution in [3.05, 3.63) is 47.0 Å². The first kappa shape index (κ1) is 11.6. The summed E-state index contributed by atoms with van der Waals surface area (Å²) in [6, 6.07) is 5.65. The highest BCUT2D eigenvalue weighted by Crippen LogP contribution is 2.22. The molecule has 88 valence electrons. The summed E-state index contributed by atoms with van der Waals surface area (Å²) < 4.78 is 0. The summed E-state index contributed by atoms with van der Waals surface area (Å²) in [4.78, 5) is 22.0. The van der Waals surface area contributed by atoms with Gasteiger partial charge in [-0.2, -0.15) is 0 Å². The molecule has 0 atom stereocenters. The Bertz CT molecular complexity index is 486. The molecule has 0 radical (unpaired) electrons. The van der Waals surface area contributed by atoms with Gasteiger partial charge in [-0.25, -0.2) is 4.79 Å². The minimum Gasteiger partial charge on any atom is -0.478 e. The fourth-order valence-electron chi connectivity index (χ4n) is 2.13. The van der Waals surface area contributed by atoms with Crippen molar-refractivity contribution in [2.75, 3.05) is 0 Å². The van der Waals surface area contributed by atoms with E-state index < -0.39 is 5.97 Å². The maximum Gasteiger partial charge on any atom is 0.328 e. The van der Waals surface area contributed by atoms with Gasteiger partial charge in [0.1, 0.15) is 0 Å². The molecule has 0 unspecified atom stereocenters. The molecule has 2 rings (SSSR count). The molecule has 0 aliphatic heterocycles. The number of hydrogen-bond donors (Lipinski definition) is 1. The maximum absolute atomic E-state index is 11.7. The van der Waals surface area contributed by atoms with Crippen LogP contribution in [-0.2, 0) is 17.6 Å². The molecule has 0 saturated heterocycles. The average molecular weight is 230 g/mol. The van der Waals surface area contributed by atoms with E-state index in [1.165, 1.54) is 17.5 Å². The highest BCUT2D eigenvalue weighted by atomic mass is 16.4. The Morgan fingerprint density at radius 1 is 1.06 bits per heavy atom. The van der Waals surface area contributed by atoms with Gasteiger partial charge in [-0.15, -0.1) is 0 Å². The van der Waals surface area contributed by atoms with Gasteiger partial charge >= 0.3 is 5.97 Å². The van der Waals surface area contributed by atoms with E-state index in [0.717, 1.165) is 31.4 Å². The van der Waals surface area contributed by atoms with Crippen LogP contribution in [0, 0.1) is 0 Å². The van der Waals surface area contributed by atoms with Crippen molar-refractivity contribution in [3.63, 3.8) is 0 Å². The van der Waals surface area contributed by atoms with E-state index in [9.17, 15) is 9.59 Å². The lowest BCUT2D eigenvalue weighted by Gasteiger charge is -2.15. The van der Waals surface area contributed by atoms with E-state index >= 15 is 0 Å². The second-order valence-corrected chi connectivity index (χ2v) is 4.23. The Morgan fingerprint density at radius 2 is 1.76 bits per heavy atom. The summed E-state index contributed by atoms with van der Waals surface area (Å²) in [6.45, 7) is 0. The van der Waals surface area contributed by atoms with Gasteiger partial charge in [0.05, 0.1) is 0 Å². The Labute approximate surface area is 99.8 Å². The first-order valence-corrected chi connectivity index (χ1v) is 5.74. The predicted molar refractivity (Wildman–Crippen MR) is 64.2 cm³/mol. The molecule has 3 nitrogen and oxygen atoms in total. The molecule has 1 aliphatic carbocycles. The van der Waals surface area contributed by atoms with Gasteiger partial charge in [0, 0.05) is 11.6 Å². The topological polar surface area (TPSA) is 54.4 Å². The van der Waals surface area contributed by atoms with Gasteiger partial charge in [0.2, 0.25) is 0 Å². The number of fused-ring (bicyclic) bond motifs is 1. The molecule has 0 fully saturated rings. The molecule has 1 aromatic carbocycles. The number of ketones is 1. The molecule has 3 heteroatoms.